The molecule has 0 fully saturated rings. The molecule has 0 unspecified atom stereocenters. The number of nitrogens with zero attached hydrogens (tertiary/aromatic N) is 2. The number of hydrogen-bond acceptors (Lipinski definition) is 5. The lowest BCUT2D eigenvalue weighted by Gasteiger charge is -1.99. The van der Waals surface area contributed by atoms with Gasteiger partial charge in [0.25, 0.3) is 5.89 Å². The first-order chi connectivity index (χ1) is 9.65. The van der Waals surface area contributed by atoms with Crippen molar-refractivity contribution in [3.8, 4) is 22.2 Å². The molecule has 0 spiro atoms. The predicted octanol–water partition coefficient (Wildman–Crippen LogP) is 3.93. The molecule has 0 bridgehead atoms. The molecule has 1 aromatic carbocycles. The molecule has 3 aromatic rings. The van der Waals surface area contributed by atoms with Gasteiger partial charge >= 0.3 is 5.97 Å². The number of carbonyl (C=O) groups is 1. The lowest BCUT2D eigenvalue weighted by Crippen LogP contribution is -1.98. The molecule has 0 radical (unpaired) electrons. The number of carboxylic acids is 1. The summed E-state index contributed by atoms with van der Waals surface area (Å²) in [5.74, 6) is -0.461. The molecule has 1 N–H and O–H groups in total. The summed E-state index contributed by atoms with van der Waals surface area (Å²) in [6.45, 7) is 0. The Labute approximate surface area is 126 Å². The largest absolute Gasteiger partial charge is 0.478 e. The summed E-state index contributed by atoms with van der Waals surface area (Å²) < 4.78 is 6.52. The molecule has 20 heavy (non-hydrogen) atoms. The monoisotopic (exact) mass is 350 g/mol. The molecule has 7 heteroatoms. The van der Waals surface area contributed by atoms with Gasteiger partial charge in [-0.15, -0.1) is 21.5 Å². The van der Waals surface area contributed by atoms with Crippen molar-refractivity contribution < 1.29 is 14.3 Å². The number of aromatic nitrogens is 2. The van der Waals surface area contributed by atoms with Gasteiger partial charge in [0.15, 0.2) is 0 Å². The van der Waals surface area contributed by atoms with Crippen molar-refractivity contribution >= 4 is 33.2 Å². The Bertz CT molecular complexity index is 781. The first kappa shape index (κ1) is 13.0. The van der Waals surface area contributed by atoms with E-state index in [2.05, 4.69) is 26.1 Å². The third-order valence-corrected chi connectivity index (χ3v) is 4.21. The molecule has 2 aromatic heterocycles. The van der Waals surface area contributed by atoms with Crippen LogP contribution < -0.4 is 0 Å². The summed E-state index contributed by atoms with van der Waals surface area (Å²) in [5.41, 5.74) is 0.546. The van der Waals surface area contributed by atoms with Crippen molar-refractivity contribution in [3.63, 3.8) is 0 Å². The van der Waals surface area contributed by atoms with Gasteiger partial charge in [0.2, 0.25) is 5.89 Å². The fraction of sp³-hybridized carbons (Fsp3) is 0. The van der Waals surface area contributed by atoms with Crippen LogP contribution >= 0.6 is 27.3 Å². The zero-order chi connectivity index (χ0) is 14.1. The van der Waals surface area contributed by atoms with Gasteiger partial charge in [-0.1, -0.05) is 12.1 Å². The number of aromatic carboxylic acids is 1. The molecule has 3 rings (SSSR count). The fourth-order valence-electron chi connectivity index (χ4n) is 1.72. The van der Waals surface area contributed by atoms with Crippen molar-refractivity contribution in [2.75, 3.05) is 0 Å². The molecule has 0 saturated carbocycles. The number of hydrogen-bond donors (Lipinski definition) is 1. The molecular weight excluding hydrogens is 344 g/mol. The van der Waals surface area contributed by atoms with E-state index >= 15 is 0 Å². The SMILES string of the molecule is O=C(O)c1ccccc1-c1nnc(-c2ccc(Br)s2)o1. The van der Waals surface area contributed by atoms with E-state index in [1.807, 2.05) is 12.1 Å². The summed E-state index contributed by atoms with van der Waals surface area (Å²) in [5, 5.41) is 17.0. The first-order valence-corrected chi connectivity index (χ1v) is 7.18. The van der Waals surface area contributed by atoms with E-state index in [-0.39, 0.29) is 11.5 Å². The van der Waals surface area contributed by atoms with Crippen LogP contribution in [0.25, 0.3) is 22.2 Å². The molecule has 5 nitrogen and oxygen atoms in total. The van der Waals surface area contributed by atoms with Crippen molar-refractivity contribution in [1.29, 1.82) is 0 Å². The van der Waals surface area contributed by atoms with Gasteiger partial charge in [-0.3, -0.25) is 0 Å². The standard InChI is InChI=1S/C13H7BrN2O3S/c14-10-6-5-9(20-10)12-16-15-11(19-12)7-3-1-2-4-8(7)13(17)18/h1-6H,(H,17,18). The summed E-state index contributed by atoms with van der Waals surface area (Å²) in [6, 6.07) is 10.3. The van der Waals surface area contributed by atoms with Crippen LogP contribution in [0.2, 0.25) is 0 Å². The van der Waals surface area contributed by atoms with Crippen LogP contribution in [-0.4, -0.2) is 21.3 Å². The normalized spacial score (nSPS) is 10.7. The Kier molecular flexibility index (Phi) is 3.37. The van der Waals surface area contributed by atoms with E-state index in [4.69, 9.17) is 9.52 Å². The summed E-state index contributed by atoms with van der Waals surface area (Å²) >= 11 is 4.83. The fourth-order valence-corrected chi connectivity index (χ4v) is 3.02. The highest BCUT2D eigenvalue weighted by Gasteiger charge is 2.17. The smallest absolute Gasteiger partial charge is 0.336 e. The zero-order valence-electron chi connectivity index (χ0n) is 9.91. The average molecular weight is 351 g/mol. The van der Waals surface area contributed by atoms with E-state index in [1.54, 1.807) is 18.2 Å². The molecule has 0 atom stereocenters. The van der Waals surface area contributed by atoms with E-state index in [1.165, 1.54) is 17.4 Å². The van der Waals surface area contributed by atoms with Crippen LogP contribution in [0.4, 0.5) is 0 Å². The molecule has 0 aliphatic carbocycles. The Balaban J connectivity index is 2.05. The highest BCUT2D eigenvalue weighted by atomic mass is 79.9. The van der Waals surface area contributed by atoms with Gasteiger partial charge in [-0.2, -0.15) is 0 Å². The Morgan fingerprint density at radius 3 is 2.60 bits per heavy atom. The summed E-state index contributed by atoms with van der Waals surface area (Å²) in [4.78, 5) is 12.0. The summed E-state index contributed by atoms with van der Waals surface area (Å²) in [6.07, 6.45) is 0. The number of halogens is 1. The average Bonchev–Trinajstić information content (AvgIpc) is 3.07. The van der Waals surface area contributed by atoms with Gasteiger partial charge in [0.05, 0.1) is 19.8 Å². The lowest BCUT2D eigenvalue weighted by atomic mass is 10.1. The van der Waals surface area contributed by atoms with Crippen molar-refractivity contribution in [3.05, 3.63) is 45.7 Å². The van der Waals surface area contributed by atoms with Crippen molar-refractivity contribution in [2.45, 2.75) is 0 Å². The Morgan fingerprint density at radius 1 is 1.15 bits per heavy atom. The topological polar surface area (TPSA) is 76.2 Å². The van der Waals surface area contributed by atoms with Gasteiger partial charge in [0, 0.05) is 0 Å². The van der Waals surface area contributed by atoms with Crippen molar-refractivity contribution in [1.82, 2.24) is 10.2 Å². The van der Waals surface area contributed by atoms with E-state index in [0.29, 0.717) is 11.5 Å². The van der Waals surface area contributed by atoms with Crippen LogP contribution in [-0.2, 0) is 0 Å². The third kappa shape index (κ3) is 2.37. The second-order valence-electron chi connectivity index (χ2n) is 3.87. The Morgan fingerprint density at radius 2 is 1.90 bits per heavy atom. The van der Waals surface area contributed by atoms with Crippen LogP contribution in [0.3, 0.4) is 0 Å². The molecular formula is C13H7BrN2O3S. The van der Waals surface area contributed by atoms with Gasteiger partial charge < -0.3 is 9.52 Å². The molecule has 0 aliphatic rings. The highest BCUT2D eigenvalue weighted by Crippen LogP contribution is 2.32. The maximum Gasteiger partial charge on any atom is 0.336 e. The quantitative estimate of drug-likeness (QED) is 0.774. The van der Waals surface area contributed by atoms with E-state index in [9.17, 15) is 4.79 Å². The molecule has 0 saturated heterocycles. The summed E-state index contributed by atoms with van der Waals surface area (Å²) in [7, 11) is 0. The van der Waals surface area contributed by atoms with Gasteiger partial charge in [0.1, 0.15) is 0 Å². The minimum Gasteiger partial charge on any atom is -0.478 e. The van der Waals surface area contributed by atoms with Gasteiger partial charge in [-0.05, 0) is 40.2 Å². The van der Waals surface area contributed by atoms with Crippen molar-refractivity contribution in [2.24, 2.45) is 0 Å². The van der Waals surface area contributed by atoms with Crippen LogP contribution in [0.15, 0.2) is 44.6 Å². The minimum atomic E-state index is -1.03. The second-order valence-corrected chi connectivity index (χ2v) is 6.33. The maximum atomic E-state index is 11.2. The van der Waals surface area contributed by atoms with Crippen LogP contribution in [0, 0.1) is 0 Å². The number of carboxylic acid groups (broad SMARTS) is 1. The highest BCUT2D eigenvalue weighted by molar-refractivity contribution is 9.11. The molecule has 100 valence electrons. The van der Waals surface area contributed by atoms with E-state index in [0.717, 1.165) is 8.66 Å². The molecule has 0 amide bonds. The van der Waals surface area contributed by atoms with Crippen LogP contribution in [0.5, 0.6) is 0 Å². The van der Waals surface area contributed by atoms with E-state index < -0.39 is 5.97 Å². The number of thiophene rings is 1. The molecule has 2 heterocycles. The Hall–Kier alpha value is -1.99. The second kappa shape index (κ2) is 5.18. The predicted molar refractivity (Wildman–Crippen MR) is 77.7 cm³/mol. The number of rotatable bonds is 3. The number of benzene rings is 1. The van der Waals surface area contributed by atoms with Crippen LogP contribution in [0.1, 0.15) is 10.4 Å². The van der Waals surface area contributed by atoms with Gasteiger partial charge in [-0.25, -0.2) is 4.79 Å². The maximum absolute atomic E-state index is 11.2. The first-order valence-electron chi connectivity index (χ1n) is 5.57. The lowest BCUT2D eigenvalue weighted by molar-refractivity contribution is 0.0697. The third-order valence-electron chi connectivity index (χ3n) is 2.60. The zero-order valence-corrected chi connectivity index (χ0v) is 12.3. The minimum absolute atomic E-state index is 0.134. The molecule has 0 aliphatic heterocycles.